The van der Waals surface area contributed by atoms with Crippen molar-refractivity contribution >= 4 is 17.8 Å². The molecule has 0 aliphatic carbocycles. The molecule has 0 saturated carbocycles. The van der Waals surface area contributed by atoms with Crippen molar-refractivity contribution in [3.63, 3.8) is 0 Å². The summed E-state index contributed by atoms with van der Waals surface area (Å²) in [5.41, 5.74) is 0.0204. The summed E-state index contributed by atoms with van der Waals surface area (Å²) in [4.78, 5) is 37.0. The first-order valence-electron chi connectivity index (χ1n) is 8.52. The van der Waals surface area contributed by atoms with Crippen LogP contribution in [0.4, 0.5) is 8.78 Å². The molecule has 2 N–H and O–H groups in total. The lowest BCUT2D eigenvalue weighted by Gasteiger charge is -2.26. The Kier molecular flexibility index (Phi) is 6.84. The van der Waals surface area contributed by atoms with E-state index in [0.717, 1.165) is 6.07 Å². The Hall–Kier alpha value is -2.55. The van der Waals surface area contributed by atoms with Crippen LogP contribution < -0.4 is 5.32 Å². The summed E-state index contributed by atoms with van der Waals surface area (Å²) < 4.78 is 32.2. The zero-order valence-electron chi connectivity index (χ0n) is 15.1. The highest BCUT2D eigenvalue weighted by Gasteiger charge is 2.34. The second kappa shape index (κ2) is 8.90. The summed E-state index contributed by atoms with van der Waals surface area (Å²) >= 11 is 0. The topological polar surface area (TPSA) is 95.9 Å². The number of likely N-dealkylation sites (tertiary alicyclic amines) is 1. The van der Waals surface area contributed by atoms with E-state index in [4.69, 9.17) is 4.74 Å². The summed E-state index contributed by atoms with van der Waals surface area (Å²) in [6, 6.07) is 1.96. The zero-order valence-corrected chi connectivity index (χ0v) is 15.1. The van der Waals surface area contributed by atoms with Crippen molar-refractivity contribution in [1.82, 2.24) is 10.2 Å². The number of carboxylic acid groups (broad SMARTS) is 1. The van der Waals surface area contributed by atoms with Gasteiger partial charge in [-0.25, -0.2) is 13.6 Å². The van der Waals surface area contributed by atoms with Crippen molar-refractivity contribution in [2.75, 3.05) is 7.11 Å². The molecule has 1 aromatic carbocycles. The highest BCUT2D eigenvalue weighted by Crippen LogP contribution is 2.25. The lowest BCUT2D eigenvalue weighted by atomic mass is 10.1. The van der Waals surface area contributed by atoms with Crippen molar-refractivity contribution in [2.45, 2.75) is 50.9 Å². The fourth-order valence-electron chi connectivity index (χ4n) is 3.04. The molecule has 0 aromatic heterocycles. The van der Waals surface area contributed by atoms with E-state index in [-0.39, 0.29) is 30.9 Å². The quantitative estimate of drug-likeness (QED) is 0.707. The molecule has 148 valence electrons. The Morgan fingerprint density at radius 3 is 2.74 bits per heavy atom. The zero-order chi connectivity index (χ0) is 20.1. The van der Waals surface area contributed by atoms with Crippen molar-refractivity contribution in [2.24, 2.45) is 0 Å². The normalized spacial score (nSPS) is 19.0. The molecule has 1 fully saturated rings. The number of halogens is 2. The third kappa shape index (κ3) is 5.00. The monoisotopic (exact) mass is 384 g/mol. The second-order valence-electron chi connectivity index (χ2n) is 6.46. The van der Waals surface area contributed by atoms with Gasteiger partial charge in [-0.05, 0) is 19.4 Å². The Balaban J connectivity index is 2.06. The molecular formula is C18H22F2N2O5. The highest BCUT2D eigenvalue weighted by molar-refractivity contribution is 5.85. The predicted octanol–water partition coefficient (Wildman–Crippen LogP) is 1.45. The number of carbonyl (C=O) groups is 3. The van der Waals surface area contributed by atoms with Gasteiger partial charge in [0.25, 0.3) is 0 Å². The van der Waals surface area contributed by atoms with Crippen LogP contribution in [0.15, 0.2) is 18.2 Å². The van der Waals surface area contributed by atoms with Gasteiger partial charge in [0.2, 0.25) is 11.8 Å². The van der Waals surface area contributed by atoms with Crippen LogP contribution in [-0.2, 0) is 25.7 Å². The number of amides is 2. The SMILES string of the molecule is CO[C@H](C)[C@H](NC(=O)C[C@@H]1CCC(=O)N1Cc1cccc(F)c1F)C(=O)O. The molecule has 9 heteroatoms. The van der Waals surface area contributed by atoms with Gasteiger partial charge in [-0.2, -0.15) is 0 Å². The summed E-state index contributed by atoms with van der Waals surface area (Å²) in [6.07, 6.45) is -0.316. The van der Waals surface area contributed by atoms with Crippen molar-refractivity contribution in [1.29, 1.82) is 0 Å². The minimum Gasteiger partial charge on any atom is -0.480 e. The van der Waals surface area contributed by atoms with Gasteiger partial charge in [-0.1, -0.05) is 12.1 Å². The van der Waals surface area contributed by atoms with Gasteiger partial charge >= 0.3 is 5.97 Å². The smallest absolute Gasteiger partial charge is 0.328 e. The van der Waals surface area contributed by atoms with Crippen LogP contribution in [0.5, 0.6) is 0 Å². The van der Waals surface area contributed by atoms with E-state index in [1.165, 1.54) is 31.1 Å². The maximum absolute atomic E-state index is 13.9. The highest BCUT2D eigenvalue weighted by atomic mass is 19.2. The van der Waals surface area contributed by atoms with E-state index in [1.807, 2.05) is 0 Å². The van der Waals surface area contributed by atoms with Gasteiger partial charge < -0.3 is 20.1 Å². The number of carbonyl (C=O) groups excluding carboxylic acids is 2. The van der Waals surface area contributed by atoms with Crippen LogP contribution >= 0.6 is 0 Å². The average molecular weight is 384 g/mol. The summed E-state index contributed by atoms with van der Waals surface area (Å²) in [5.74, 6) is -4.10. The van der Waals surface area contributed by atoms with Gasteiger partial charge in [0.15, 0.2) is 17.7 Å². The number of nitrogens with one attached hydrogen (secondary N) is 1. The molecule has 1 aliphatic heterocycles. The summed E-state index contributed by atoms with van der Waals surface area (Å²) in [5, 5.41) is 11.6. The first-order chi connectivity index (χ1) is 12.7. The van der Waals surface area contributed by atoms with Crippen LogP contribution in [0, 0.1) is 11.6 Å². The fraction of sp³-hybridized carbons (Fsp3) is 0.500. The number of benzene rings is 1. The molecule has 0 spiro atoms. The number of rotatable bonds is 8. The van der Waals surface area contributed by atoms with E-state index in [0.29, 0.717) is 6.42 Å². The molecule has 7 nitrogen and oxygen atoms in total. The molecule has 1 aliphatic rings. The number of hydrogen-bond donors (Lipinski definition) is 2. The van der Waals surface area contributed by atoms with E-state index >= 15 is 0 Å². The van der Waals surface area contributed by atoms with Crippen LogP contribution in [0.2, 0.25) is 0 Å². The van der Waals surface area contributed by atoms with Gasteiger partial charge in [-0.3, -0.25) is 9.59 Å². The van der Waals surface area contributed by atoms with Crippen molar-refractivity contribution < 1.29 is 33.0 Å². The van der Waals surface area contributed by atoms with Crippen LogP contribution in [0.3, 0.4) is 0 Å². The lowest BCUT2D eigenvalue weighted by Crippen LogP contribution is -2.49. The van der Waals surface area contributed by atoms with Crippen LogP contribution in [-0.4, -0.2) is 53.1 Å². The van der Waals surface area contributed by atoms with Crippen molar-refractivity contribution in [3.8, 4) is 0 Å². The number of nitrogens with zero attached hydrogens (tertiary/aromatic N) is 1. The Bertz CT molecular complexity index is 728. The van der Waals surface area contributed by atoms with Crippen LogP contribution in [0.25, 0.3) is 0 Å². The van der Waals surface area contributed by atoms with Crippen molar-refractivity contribution in [3.05, 3.63) is 35.4 Å². The maximum Gasteiger partial charge on any atom is 0.328 e. The average Bonchev–Trinajstić information content (AvgIpc) is 2.95. The molecule has 3 atom stereocenters. The molecule has 1 heterocycles. The molecule has 2 amide bonds. The first kappa shape index (κ1) is 20.8. The van der Waals surface area contributed by atoms with Gasteiger partial charge in [0, 0.05) is 38.1 Å². The number of carboxylic acids is 1. The second-order valence-corrected chi connectivity index (χ2v) is 6.46. The number of ether oxygens (including phenoxy) is 1. The largest absolute Gasteiger partial charge is 0.480 e. The van der Waals surface area contributed by atoms with Gasteiger partial charge in [-0.15, -0.1) is 0 Å². The third-order valence-corrected chi connectivity index (χ3v) is 4.67. The fourth-order valence-corrected chi connectivity index (χ4v) is 3.04. The summed E-state index contributed by atoms with van der Waals surface area (Å²) in [6.45, 7) is 1.36. The minimum atomic E-state index is -1.24. The molecule has 27 heavy (non-hydrogen) atoms. The molecule has 1 saturated heterocycles. The minimum absolute atomic E-state index is 0.0204. The molecule has 0 bridgehead atoms. The third-order valence-electron chi connectivity index (χ3n) is 4.67. The standard InChI is InChI=1S/C18H22F2N2O5/c1-10(27-2)17(18(25)26)21-14(23)8-12-6-7-15(24)22(12)9-11-4-3-5-13(19)16(11)20/h3-5,10,12,17H,6-9H2,1-2H3,(H,21,23)(H,25,26)/t10-,12+,17+/m1/s1. The van der Waals surface area contributed by atoms with E-state index in [2.05, 4.69) is 5.32 Å². The Morgan fingerprint density at radius 2 is 2.11 bits per heavy atom. The number of hydrogen-bond acceptors (Lipinski definition) is 4. The molecule has 2 rings (SSSR count). The van der Waals surface area contributed by atoms with E-state index in [9.17, 15) is 28.3 Å². The summed E-state index contributed by atoms with van der Waals surface area (Å²) in [7, 11) is 1.33. The molecular weight excluding hydrogens is 362 g/mol. The first-order valence-corrected chi connectivity index (χ1v) is 8.52. The number of aliphatic carboxylic acids is 1. The molecule has 1 aromatic rings. The van der Waals surface area contributed by atoms with Crippen LogP contribution in [0.1, 0.15) is 31.7 Å². The van der Waals surface area contributed by atoms with Gasteiger partial charge in [0.05, 0.1) is 6.10 Å². The number of methoxy groups -OCH3 is 1. The molecule has 0 radical (unpaired) electrons. The van der Waals surface area contributed by atoms with Gasteiger partial charge in [0.1, 0.15) is 0 Å². The molecule has 0 unspecified atom stereocenters. The van der Waals surface area contributed by atoms with E-state index in [1.54, 1.807) is 0 Å². The Labute approximate surface area is 155 Å². The Morgan fingerprint density at radius 1 is 1.41 bits per heavy atom. The van der Waals surface area contributed by atoms with E-state index < -0.39 is 41.7 Å². The maximum atomic E-state index is 13.9. The predicted molar refractivity (Wildman–Crippen MR) is 90.6 cm³/mol. The lowest BCUT2D eigenvalue weighted by molar-refractivity contribution is -0.145.